The van der Waals surface area contributed by atoms with Gasteiger partial charge >= 0.3 is 0 Å². The molecule has 8 heteroatoms. The maximum Gasteiger partial charge on any atom is 0.267 e. The minimum atomic E-state index is -0.245. The summed E-state index contributed by atoms with van der Waals surface area (Å²) in [6.45, 7) is 9.84. The molecule has 2 aromatic heterocycles. The molecule has 0 saturated carbocycles. The van der Waals surface area contributed by atoms with Gasteiger partial charge in [-0.2, -0.15) is 0 Å². The summed E-state index contributed by atoms with van der Waals surface area (Å²) in [4.78, 5) is 32.4. The topological polar surface area (TPSA) is 66.7 Å². The zero-order chi connectivity index (χ0) is 19.7. The van der Waals surface area contributed by atoms with Crippen LogP contribution < -0.4 is 10.9 Å². The number of hydrogen-bond acceptors (Lipinski definition) is 6. The number of nitrogens with one attached hydrogen (secondary N) is 1. The molecule has 0 bridgehead atoms. The molecule has 0 atom stereocenters. The van der Waals surface area contributed by atoms with E-state index in [2.05, 4.69) is 16.9 Å². The Morgan fingerprint density at radius 1 is 1.41 bits per heavy atom. The van der Waals surface area contributed by atoms with Crippen molar-refractivity contribution in [2.45, 2.75) is 26.8 Å². The van der Waals surface area contributed by atoms with Crippen LogP contribution in [0.3, 0.4) is 0 Å². The van der Waals surface area contributed by atoms with Crippen molar-refractivity contribution in [2.24, 2.45) is 0 Å². The summed E-state index contributed by atoms with van der Waals surface area (Å²) >= 11 is 6.52. The molecule has 3 rings (SSSR count). The standard InChI is InChI=1S/C19H20N4O2S2/c1-5-8-20-15-13(10-14-18(25)23(11(2)3)19(26)27-14)17(24)22-9-6-7-12(4)16(22)21-15/h5-7,9-11,20H,1,8H2,2-4H3. The minimum absolute atomic E-state index is 0.0414. The number of hydrogen-bond donors (Lipinski definition) is 1. The molecule has 0 unspecified atom stereocenters. The third-order valence-corrected chi connectivity index (χ3v) is 5.44. The van der Waals surface area contributed by atoms with Gasteiger partial charge in [-0.3, -0.25) is 18.9 Å². The van der Waals surface area contributed by atoms with Crippen molar-refractivity contribution in [3.8, 4) is 0 Å². The lowest BCUT2D eigenvalue weighted by Crippen LogP contribution is -2.34. The second kappa shape index (κ2) is 7.66. The summed E-state index contributed by atoms with van der Waals surface area (Å²) in [6.07, 6.45) is 4.94. The Bertz CT molecular complexity index is 1040. The zero-order valence-corrected chi connectivity index (χ0v) is 17.0. The number of rotatable bonds is 5. The third kappa shape index (κ3) is 3.54. The molecule has 3 heterocycles. The average Bonchev–Trinajstić information content (AvgIpc) is 2.90. The van der Waals surface area contributed by atoms with Gasteiger partial charge in [-0.05, 0) is 38.5 Å². The molecule has 0 spiro atoms. The van der Waals surface area contributed by atoms with Crippen molar-refractivity contribution in [1.29, 1.82) is 0 Å². The second-order valence-electron chi connectivity index (χ2n) is 6.38. The van der Waals surface area contributed by atoms with Gasteiger partial charge in [-0.1, -0.05) is 36.1 Å². The van der Waals surface area contributed by atoms with Crippen LogP contribution in [0.25, 0.3) is 11.7 Å². The Morgan fingerprint density at radius 2 is 2.15 bits per heavy atom. The lowest BCUT2D eigenvalue weighted by Gasteiger charge is -2.18. The predicted octanol–water partition coefficient (Wildman–Crippen LogP) is 3.21. The van der Waals surface area contributed by atoms with Crippen LogP contribution in [0, 0.1) is 6.92 Å². The molecule has 6 nitrogen and oxygen atoms in total. The fourth-order valence-electron chi connectivity index (χ4n) is 2.80. The van der Waals surface area contributed by atoms with Crippen molar-refractivity contribution in [3.63, 3.8) is 0 Å². The molecule has 0 aliphatic carbocycles. The van der Waals surface area contributed by atoms with Crippen LogP contribution in [0.4, 0.5) is 5.82 Å². The van der Waals surface area contributed by atoms with Gasteiger partial charge in [0.2, 0.25) is 0 Å². The van der Waals surface area contributed by atoms with Gasteiger partial charge in [0, 0.05) is 18.8 Å². The van der Waals surface area contributed by atoms with E-state index in [0.717, 1.165) is 5.56 Å². The number of thiocarbonyl (C=S) groups is 1. The van der Waals surface area contributed by atoms with E-state index in [1.54, 1.807) is 29.3 Å². The summed E-state index contributed by atoms with van der Waals surface area (Å²) in [6, 6.07) is 3.65. The number of nitrogens with zero attached hydrogens (tertiary/aromatic N) is 3. The molecule has 27 heavy (non-hydrogen) atoms. The quantitative estimate of drug-likeness (QED) is 0.472. The highest BCUT2D eigenvalue weighted by atomic mass is 32.2. The van der Waals surface area contributed by atoms with E-state index in [0.29, 0.717) is 32.8 Å². The number of carbonyl (C=O) groups is 1. The van der Waals surface area contributed by atoms with Crippen LogP contribution in [-0.4, -0.2) is 37.1 Å². The van der Waals surface area contributed by atoms with E-state index in [4.69, 9.17) is 12.2 Å². The van der Waals surface area contributed by atoms with Crippen LogP contribution in [0.15, 0.2) is 40.7 Å². The van der Waals surface area contributed by atoms with E-state index in [1.165, 1.54) is 16.2 Å². The molecule has 0 aromatic carbocycles. The number of thioether (sulfide) groups is 1. The molecule has 1 saturated heterocycles. The van der Waals surface area contributed by atoms with E-state index in [-0.39, 0.29) is 17.5 Å². The third-order valence-electron chi connectivity index (χ3n) is 4.11. The van der Waals surface area contributed by atoms with Crippen LogP contribution in [0.5, 0.6) is 0 Å². The van der Waals surface area contributed by atoms with Crippen molar-refractivity contribution < 1.29 is 4.79 Å². The van der Waals surface area contributed by atoms with Gasteiger partial charge < -0.3 is 5.32 Å². The fraction of sp³-hybridized carbons (Fsp3) is 0.263. The van der Waals surface area contributed by atoms with Gasteiger partial charge in [0.25, 0.3) is 11.5 Å². The lowest BCUT2D eigenvalue weighted by molar-refractivity contribution is -0.123. The van der Waals surface area contributed by atoms with E-state index >= 15 is 0 Å². The summed E-state index contributed by atoms with van der Waals surface area (Å²) in [5.41, 5.74) is 1.53. The molecule has 140 valence electrons. The Balaban J connectivity index is 2.20. The summed E-state index contributed by atoms with van der Waals surface area (Å²) in [7, 11) is 0. The Morgan fingerprint density at radius 3 is 2.78 bits per heavy atom. The van der Waals surface area contributed by atoms with Crippen molar-refractivity contribution >= 4 is 51.7 Å². The largest absolute Gasteiger partial charge is 0.366 e. The number of aromatic nitrogens is 2. The number of amides is 1. The summed E-state index contributed by atoms with van der Waals surface area (Å²) < 4.78 is 1.98. The molecule has 0 radical (unpaired) electrons. The van der Waals surface area contributed by atoms with E-state index in [1.807, 2.05) is 26.8 Å². The van der Waals surface area contributed by atoms with Gasteiger partial charge in [-0.25, -0.2) is 4.98 Å². The first kappa shape index (κ1) is 19.3. The molecule has 1 aliphatic heterocycles. The molecular weight excluding hydrogens is 380 g/mol. The van der Waals surface area contributed by atoms with E-state index in [9.17, 15) is 9.59 Å². The molecule has 1 fully saturated rings. The number of carbonyl (C=O) groups excluding carboxylic acids is 1. The smallest absolute Gasteiger partial charge is 0.267 e. The Labute approximate surface area is 167 Å². The summed E-state index contributed by atoms with van der Waals surface area (Å²) in [5, 5.41) is 3.10. The first-order chi connectivity index (χ1) is 12.8. The fourth-order valence-corrected chi connectivity index (χ4v) is 4.31. The molecular formula is C19H20N4O2S2. The minimum Gasteiger partial charge on any atom is -0.366 e. The average molecular weight is 401 g/mol. The summed E-state index contributed by atoms with van der Waals surface area (Å²) in [5.74, 6) is 0.229. The zero-order valence-electron chi connectivity index (χ0n) is 15.4. The SMILES string of the molecule is C=CCNc1nc2c(C)cccn2c(=O)c1C=C1SC(=S)N(C(C)C)C1=O. The van der Waals surface area contributed by atoms with Crippen molar-refractivity contribution in [1.82, 2.24) is 14.3 Å². The Hall–Kier alpha value is -2.45. The maximum atomic E-state index is 13.1. The van der Waals surface area contributed by atoms with Crippen molar-refractivity contribution in [2.75, 3.05) is 11.9 Å². The molecule has 1 amide bonds. The monoisotopic (exact) mass is 400 g/mol. The first-order valence-electron chi connectivity index (χ1n) is 8.49. The van der Waals surface area contributed by atoms with E-state index < -0.39 is 0 Å². The number of anilines is 1. The van der Waals surface area contributed by atoms with Crippen LogP contribution >= 0.6 is 24.0 Å². The van der Waals surface area contributed by atoms with Crippen LogP contribution in [0.2, 0.25) is 0 Å². The molecule has 1 aliphatic rings. The van der Waals surface area contributed by atoms with Gasteiger partial charge in [0.1, 0.15) is 15.8 Å². The number of pyridine rings is 1. The van der Waals surface area contributed by atoms with Crippen LogP contribution in [0.1, 0.15) is 25.0 Å². The van der Waals surface area contributed by atoms with Crippen LogP contribution in [-0.2, 0) is 4.79 Å². The van der Waals surface area contributed by atoms with Gasteiger partial charge in [-0.15, -0.1) is 6.58 Å². The number of aryl methyl sites for hydroxylation is 1. The van der Waals surface area contributed by atoms with Gasteiger partial charge in [0.15, 0.2) is 0 Å². The normalized spacial score (nSPS) is 16.0. The van der Waals surface area contributed by atoms with Crippen molar-refractivity contribution in [3.05, 3.63) is 57.4 Å². The Kier molecular flexibility index (Phi) is 5.48. The highest BCUT2D eigenvalue weighted by Gasteiger charge is 2.34. The predicted molar refractivity (Wildman–Crippen MR) is 115 cm³/mol. The highest BCUT2D eigenvalue weighted by molar-refractivity contribution is 8.26. The second-order valence-corrected chi connectivity index (χ2v) is 8.05. The highest BCUT2D eigenvalue weighted by Crippen LogP contribution is 2.34. The lowest BCUT2D eigenvalue weighted by atomic mass is 10.2. The first-order valence-corrected chi connectivity index (χ1v) is 9.71. The maximum absolute atomic E-state index is 13.1. The molecule has 2 aromatic rings. The molecule has 1 N–H and O–H groups in total. The number of fused-ring (bicyclic) bond motifs is 1. The van der Waals surface area contributed by atoms with Gasteiger partial charge in [0.05, 0.1) is 10.5 Å².